The van der Waals surface area contributed by atoms with E-state index in [0.29, 0.717) is 42.9 Å². The van der Waals surface area contributed by atoms with E-state index in [-0.39, 0.29) is 11.0 Å². The Kier molecular flexibility index (Phi) is 5.71. The summed E-state index contributed by atoms with van der Waals surface area (Å²) in [5.41, 5.74) is 1.39. The molecule has 0 radical (unpaired) electrons. The predicted molar refractivity (Wildman–Crippen MR) is 110 cm³/mol. The minimum absolute atomic E-state index is 0.0446. The third kappa shape index (κ3) is 4.15. The number of alkyl halides is 3. The van der Waals surface area contributed by atoms with Gasteiger partial charge in [0.25, 0.3) is 0 Å². The van der Waals surface area contributed by atoms with E-state index in [0.717, 1.165) is 23.6 Å². The van der Waals surface area contributed by atoms with Crippen LogP contribution >= 0.6 is 0 Å². The number of hydrogen-bond acceptors (Lipinski definition) is 4. The Morgan fingerprint density at radius 2 is 2.03 bits per heavy atom. The molecule has 0 N–H and O–H groups in total. The van der Waals surface area contributed by atoms with Crippen molar-refractivity contribution < 1.29 is 27.2 Å². The molecule has 0 amide bonds. The van der Waals surface area contributed by atoms with Gasteiger partial charge in [-0.2, -0.15) is 13.2 Å². The highest BCUT2D eigenvalue weighted by Crippen LogP contribution is 2.38. The van der Waals surface area contributed by atoms with E-state index >= 15 is 0 Å². The number of benzene rings is 2. The van der Waals surface area contributed by atoms with Gasteiger partial charge in [-0.25, -0.2) is 0 Å². The van der Waals surface area contributed by atoms with Gasteiger partial charge in [0.1, 0.15) is 12.0 Å². The van der Waals surface area contributed by atoms with Gasteiger partial charge >= 0.3 is 6.18 Å². The lowest BCUT2D eigenvalue weighted by atomic mass is 10.0. The van der Waals surface area contributed by atoms with Crippen LogP contribution < -0.4 is 4.74 Å². The van der Waals surface area contributed by atoms with Gasteiger partial charge in [0, 0.05) is 34.8 Å². The van der Waals surface area contributed by atoms with Crippen molar-refractivity contribution in [3.05, 3.63) is 59.4 Å². The molecule has 2 heterocycles. The van der Waals surface area contributed by atoms with Gasteiger partial charge in [0.05, 0.1) is 12.0 Å². The number of nitrogens with zero attached hydrogens (tertiary/aromatic N) is 2. The Morgan fingerprint density at radius 1 is 1.19 bits per heavy atom. The van der Waals surface area contributed by atoms with Gasteiger partial charge in [0.15, 0.2) is 11.3 Å². The summed E-state index contributed by atoms with van der Waals surface area (Å²) in [5, 5.41) is 4.19. The van der Waals surface area contributed by atoms with Crippen molar-refractivity contribution in [3.63, 3.8) is 0 Å². The summed E-state index contributed by atoms with van der Waals surface area (Å²) in [5.74, 6) is 0.521. The molecule has 0 aliphatic heterocycles. The first-order chi connectivity index (χ1) is 14.9. The molecule has 0 fully saturated rings. The van der Waals surface area contributed by atoms with E-state index < -0.39 is 11.9 Å². The molecular weight excluding hydrogens is 409 g/mol. The van der Waals surface area contributed by atoms with E-state index in [1.165, 1.54) is 6.07 Å². The number of aryl methyl sites for hydroxylation is 2. The third-order valence-corrected chi connectivity index (χ3v) is 5.20. The van der Waals surface area contributed by atoms with Crippen LogP contribution in [0.15, 0.2) is 47.1 Å². The molecule has 0 bridgehead atoms. The molecule has 0 saturated heterocycles. The van der Waals surface area contributed by atoms with Gasteiger partial charge < -0.3 is 13.8 Å². The molecule has 0 spiro atoms. The number of fused-ring (bicyclic) bond motifs is 2. The van der Waals surface area contributed by atoms with Crippen LogP contribution in [0.1, 0.15) is 41.4 Å². The summed E-state index contributed by atoms with van der Waals surface area (Å²) in [6.45, 7) is 3.04. The van der Waals surface area contributed by atoms with E-state index in [9.17, 15) is 18.0 Å². The van der Waals surface area contributed by atoms with Gasteiger partial charge in [-0.1, -0.05) is 18.5 Å². The number of carbonyl (C=O) groups is 1. The molecule has 8 heteroatoms. The second-order valence-corrected chi connectivity index (χ2v) is 7.35. The van der Waals surface area contributed by atoms with Crippen LogP contribution in [0.4, 0.5) is 13.2 Å². The molecule has 162 valence electrons. The third-order valence-electron chi connectivity index (χ3n) is 5.20. The van der Waals surface area contributed by atoms with Crippen molar-refractivity contribution in [1.82, 2.24) is 9.72 Å². The number of ether oxygens (including phenoxy) is 1. The monoisotopic (exact) mass is 430 g/mol. The van der Waals surface area contributed by atoms with Crippen molar-refractivity contribution in [2.45, 2.75) is 38.9 Å². The fourth-order valence-corrected chi connectivity index (χ4v) is 3.77. The summed E-state index contributed by atoms with van der Waals surface area (Å²) >= 11 is 0. The van der Waals surface area contributed by atoms with Crippen molar-refractivity contribution in [3.8, 4) is 5.75 Å². The Balaban J connectivity index is 1.47. The molecule has 4 rings (SSSR count). The smallest absolute Gasteiger partial charge is 0.437 e. The molecular formula is C23H21F3N2O3. The molecule has 0 atom stereocenters. The van der Waals surface area contributed by atoms with Gasteiger partial charge in [-0.05, 0) is 49.2 Å². The summed E-state index contributed by atoms with van der Waals surface area (Å²) in [4.78, 5) is 10.9. The quantitative estimate of drug-likeness (QED) is 0.253. The molecule has 5 nitrogen and oxygen atoms in total. The van der Waals surface area contributed by atoms with Crippen LogP contribution in [0.25, 0.3) is 21.9 Å². The zero-order chi connectivity index (χ0) is 22.0. The number of carbonyl (C=O) groups excluding carboxylic acids is 1. The average molecular weight is 430 g/mol. The van der Waals surface area contributed by atoms with Crippen LogP contribution in [0.2, 0.25) is 0 Å². The maximum Gasteiger partial charge on any atom is 0.437 e. The number of hydrogen-bond donors (Lipinski definition) is 0. The van der Waals surface area contributed by atoms with E-state index in [4.69, 9.17) is 9.26 Å². The Bertz CT molecular complexity index is 1220. The van der Waals surface area contributed by atoms with Gasteiger partial charge in [-0.3, -0.25) is 4.79 Å². The molecule has 4 aromatic rings. The van der Waals surface area contributed by atoms with Crippen molar-refractivity contribution in [2.24, 2.45) is 0 Å². The predicted octanol–water partition coefficient (Wildman–Crippen LogP) is 6.04. The molecule has 2 aromatic carbocycles. The lowest BCUT2D eigenvalue weighted by Crippen LogP contribution is -2.06. The second kappa shape index (κ2) is 8.45. The first-order valence-electron chi connectivity index (χ1n) is 10.1. The first-order valence-corrected chi connectivity index (χ1v) is 10.1. The van der Waals surface area contributed by atoms with E-state index in [1.807, 2.05) is 31.3 Å². The first kappa shape index (κ1) is 21.0. The SMILES string of the molecule is CCCc1c(OCCCn2ccc3cc(C=O)ccc32)ccc2c(C(F)(F)F)noc12. The van der Waals surface area contributed by atoms with Crippen LogP contribution in [0.3, 0.4) is 0 Å². The lowest BCUT2D eigenvalue weighted by Gasteiger charge is -2.12. The lowest BCUT2D eigenvalue weighted by molar-refractivity contribution is -0.141. The minimum Gasteiger partial charge on any atom is -0.493 e. The van der Waals surface area contributed by atoms with Crippen molar-refractivity contribution in [1.29, 1.82) is 0 Å². The van der Waals surface area contributed by atoms with Gasteiger partial charge in [0.2, 0.25) is 0 Å². The van der Waals surface area contributed by atoms with Gasteiger partial charge in [-0.15, -0.1) is 0 Å². The van der Waals surface area contributed by atoms with Crippen LogP contribution in [-0.4, -0.2) is 22.6 Å². The molecule has 0 aliphatic rings. The molecule has 0 unspecified atom stereocenters. The molecule has 0 saturated carbocycles. The standard InChI is InChI=1S/C23H21F3N2O3/c1-2-4-17-20(8-6-18-21(17)31-27-22(18)23(24,25)26)30-12-3-10-28-11-9-16-13-15(14-29)5-7-19(16)28/h5-9,11,13-14H,2-4,10,12H2,1H3. The number of aromatic nitrogens is 2. The highest BCUT2D eigenvalue weighted by molar-refractivity contribution is 5.87. The van der Waals surface area contributed by atoms with Crippen LogP contribution in [-0.2, 0) is 19.1 Å². The topological polar surface area (TPSA) is 57.3 Å². The van der Waals surface area contributed by atoms with Crippen molar-refractivity contribution >= 4 is 28.2 Å². The zero-order valence-corrected chi connectivity index (χ0v) is 16.9. The molecule has 0 aliphatic carbocycles. The number of aldehydes is 1. The summed E-state index contributed by atoms with van der Waals surface area (Å²) < 4.78 is 52.4. The molecule has 2 aromatic heterocycles. The summed E-state index contributed by atoms with van der Waals surface area (Å²) in [6, 6.07) is 10.4. The second-order valence-electron chi connectivity index (χ2n) is 7.35. The maximum atomic E-state index is 13.1. The largest absolute Gasteiger partial charge is 0.493 e. The van der Waals surface area contributed by atoms with E-state index in [2.05, 4.69) is 9.72 Å². The Labute approximate surface area is 176 Å². The summed E-state index contributed by atoms with van der Waals surface area (Å²) in [7, 11) is 0. The Morgan fingerprint density at radius 3 is 2.77 bits per heavy atom. The zero-order valence-electron chi connectivity index (χ0n) is 16.9. The normalized spacial score (nSPS) is 12.0. The fourth-order valence-electron chi connectivity index (χ4n) is 3.77. The minimum atomic E-state index is -4.57. The maximum absolute atomic E-state index is 13.1. The summed E-state index contributed by atoms with van der Waals surface area (Å²) in [6.07, 6.45) is 0.175. The van der Waals surface area contributed by atoms with Crippen LogP contribution in [0, 0.1) is 0 Å². The average Bonchev–Trinajstić information content (AvgIpc) is 3.36. The van der Waals surface area contributed by atoms with E-state index in [1.54, 1.807) is 12.1 Å². The number of rotatable bonds is 8. The fraction of sp³-hybridized carbons (Fsp3) is 0.304. The molecule has 31 heavy (non-hydrogen) atoms. The Hall–Kier alpha value is -3.29. The highest BCUT2D eigenvalue weighted by atomic mass is 19.4. The van der Waals surface area contributed by atoms with Crippen LogP contribution in [0.5, 0.6) is 5.75 Å². The van der Waals surface area contributed by atoms with Crippen molar-refractivity contribution in [2.75, 3.05) is 6.61 Å². The number of halogens is 3. The highest BCUT2D eigenvalue weighted by Gasteiger charge is 2.37.